The summed E-state index contributed by atoms with van der Waals surface area (Å²) in [6, 6.07) is 8.80. The molecule has 2 aromatic rings. The number of halogens is 1. The van der Waals surface area contributed by atoms with E-state index in [2.05, 4.69) is 57.5 Å². The van der Waals surface area contributed by atoms with Crippen LogP contribution in [-0.4, -0.2) is 16.3 Å². The van der Waals surface area contributed by atoms with Crippen molar-refractivity contribution in [2.24, 2.45) is 7.05 Å². The van der Waals surface area contributed by atoms with Crippen molar-refractivity contribution in [3.05, 3.63) is 45.7 Å². The fourth-order valence-corrected chi connectivity index (χ4v) is 3.73. The van der Waals surface area contributed by atoms with E-state index in [9.17, 15) is 0 Å². The van der Waals surface area contributed by atoms with Crippen LogP contribution < -0.4 is 5.32 Å². The molecule has 1 heterocycles. The molecule has 0 fully saturated rings. The summed E-state index contributed by atoms with van der Waals surface area (Å²) in [5.41, 5.74) is 3.61. The van der Waals surface area contributed by atoms with Gasteiger partial charge in [0.1, 0.15) is 0 Å². The van der Waals surface area contributed by atoms with Gasteiger partial charge in [-0.15, -0.1) is 11.8 Å². The summed E-state index contributed by atoms with van der Waals surface area (Å²) in [4.78, 5) is 1.29. The highest BCUT2D eigenvalue weighted by Gasteiger charge is 2.10. The molecule has 0 aliphatic carbocycles. The van der Waals surface area contributed by atoms with Gasteiger partial charge < -0.3 is 5.32 Å². The Morgan fingerprint density at radius 1 is 1.29 bits per heavy atom. The maximum absolute atomic E-state index is 4.43. The number of aryl methyl sites for hydroxylation is 2. The van der Waals surface area contributed by atoms with Crippen molar-refractivity contribution in [2.45, 2.75) is 37.5 Å². The van der Waals surface area contributed by atoms with Gasteiger partial charge in [-0.2, -0.15) is 5.10 Å². The van der Waals surface area contributed by atoms with Crippen LogP contribution in [0.15, 0.2) is 33.6 Å². The third-order valence-electron chi connectivity index (χ3n) is 3.32. The van der Waals surface area contributed by atoms with Crippen LogP contribution in [0.2, 0.25) is 0 Å². The van der Waals surface area contributed by atoms with Crippen molar-refractivity contribution < 1.29 is 0 Å². The average Bonchev–Trinajstić information content (AvgIpc) is 2.72. The number of hydrogen-bond acceptors (Lipinski definition) is 3. The minimum Gasteiger partial charge on any atom is -0.313 e. The van der Waals surface area contributed by atoms with Crippen LogP contribution in [0.4, 0.5) is 0 Å². The van der Waals surface area contributed by atoms with Crippen LogP contribution >= 0.6 is 27.7 Å². The van der Waals surface area contributed by atoms with Crippen molar-refractivity contribution >= 4 is 27.7 Å². The minimum absolute atomic E-state index is 0.922. The highest BCUT2D eigenvalue weighted by atomic mass is 79.9. The van der Waals surface area contributed by atoms with E-state index >= 15 is 0 Å². The van der Waals surface area contributed by atoms with E-state index in [0.29, 0.717) is 0 Å². The van der Waals surface area contributed by atoms with Crippen LogP contribution in [0.3, 0.4) is 0 Å². The van der Waals surface area contributed by atoms with E-state index in [1.165, 1.54) is 22.6 Å². The van der Waals surface area contributed by atoms with Crippen LogP contribution in [0.5, 0.6) is 0 Å². The first-order valence-corrected chi connectivity index (χ1v) is 9.00. The number of aromatic nitrogens is 2. The van der Waals surface area contributed by atoms with E-state index in [0.717, 1.165) is 29.0 Å². The van der Waals surface area contributed by atoms with Gasteiger partial charge in [0.25, 0.3) is 0 Å². The summed E-state index contributed by atoms with van der Waals surface area (Å²) in [6.07, 6.45) is 1.17. The molecule has 1 aromatic carbocycles. The summed E-state index contributed by atoms with van der Waals surface area (Å²) < 4.78 is 3.08. The molecule has 0 radical (unpaired) electrons. The lowest BCUT2D eigenvalue weighted by Crippen LogP contribution is -2.13. The van der Waals surface area contributed by atoms with E-state index < -0.39 is 0 Å². The molecule has 2 rings (SSSR count). The molecule has 1 N–H and O–H groups in total. The molecule has 0 saturated heterocycles. The molecule has 114 valence electrons. The van der Waals surface area contributed by atoms with Gasteiger partial charge in [-0.1, -0.05) is 19.1 Å². The third kappa shape index (κ3) is 4.59. The Morgan fingerprint density at radius 2 is 2.00 bits per heavy atom. The van der Waals surface area contributed by atoms with Gasteiger partial charge in [-0.25, -0.2) is 0 Å². The molecule has 0 bridgehead atoms. The lowest BCUT2D eigenvalue weighted by molar-refractivity contribution is 0.675. The van der Waals surface area contributed by atoms with Gasteiger partial charge in [0.2, 0.25) is 0 Å². The molecule has 5 heteroatoms. The van der Waals surface area contributed by atoms with Crippen molar-refractivity contribution in [3.63, 3.8) is 0 Å². The second-order valence-corrected chi connectivity index (χ2v) is 6.92. The fraction of sp³-hybridized carbons (Fsp3) is 0.438. The number of hydrogen-bond donors (Lipinski definition) is 1. The largest absolute Gasteiger partial charge is 0.313 e. The Hall–Kier alpha value is -0.780. The van der Waals surface area contributed by atoms with Gasteiger partial charge in [0, 0.05) is 24.2 Å². The molecule has 3 nitrogen and oxygen atoms in total. The number of benzene rings is 1. The Bertz CT molecular complexity index is 578. The highest BCUT2D eigenvalue weighted by molar-refractivity contribution is 9.10. The van der Waals surface area contributed by atoms with Gasteiger partial charge in [0.05, 0.1) is 15.9 Å². The Kier molecular flexibility index (Phi) is 6.33. The molecular weight excluding hydrogens is 346 g/mol. The molecule has 0 aliphatic heterocycles. The standard InChI is InChI=1S/C16H22BrN3S/c1-4-9-18-10-13-5-7-14(8-6-13)21-11-15-16(17)12(2)19-20(15)3/h5-8,18H,4,9-11H2,1-3H3. The first-order valence-electron chi connectivity index (χ1n) is 7.22. The van der Waals surface area contributed by atoms with Gasteiger partial charge in [0.15, 0.2) is 0 Å². The maximum atomic E-state index is 4.43. The molecule has 0 atom stereocenters. The molecule has 0 aliphatic rings. The lowest BCUT2D eigenvalue weighted by atomic mass is 10.2. The predicted octanol–water partition coefficient (Wildman–Crippen LogP) is 4.28. The number of nitrogens with zero attached hydrogens (tertiary/aromatic N) is 2. The molecule has 0 saturated carbocycles. The quantitative estimate of drug-likeness (QED) is 0.584. The van der Waals surface area contributed by atoms with Gasteiger partial charge >= 0.3 is 0 Å². The summed E-state index contributed by atoms with van der Waals surface area (Å²) in [5, 5.41) is 7.85. The molecule has 0 unspecified atom stereocenters. The van der Waals surface area contributed by atoms with E-state index in [1.807, 2.05) is 30.4 Å². The van der Waals surface area contributed by atoms with Crippen LogP contribution in [-0.2, 0) is 19.3 Å². The van der Waals surface area contributed by atoms with Gasteiger partial charge in [-0.05, 0) is 53.5 Å². The van der Waals surface area contributed by atoms with E-state index in [1.54, 1.807) is 0 Å². The molecule has 1 aromatic heterocycles. The monoisotopic (exact) mass is 367 g/mol. The zero-order chi connectivity index (χ0) is 15.2. The Morgan fingerprint density at radius 3 is 2.57 bits per heavy atom. The van der Waals surface area contributed by atoms with Crippen LogP contribution in [0.25, 0.3) is 0 Å². The van der Waals surface area contributed by atoms with Crippen molar-refractivity contribution in [2.75, 3.05) is 6.54 Å². The third-order valence-corrected chi connectivity index (χ3v) is 5.37. The summed E-state index contributed by atoms with van der Waals surface area (Å²) >= 11 is 5.46. The lowest BCUT2D eigenvalue weighted by Gasteiger charge is -2.06. The van der Waals surface area contributed by atoms with Crippen molar-refractivity contribution in [3.8, 4) is 0 Å². The second kappa shape index (κ2) is 8.01. The Balaban J connectivity index is 1.91. The van der Waals surface area contributed by atoms with Crippen molar-refractivity contribution in [1.29, 1.82) is 0 Å². The smallest absolute Gasteiger partial charge is 0.0738 e. The minimum atomic E-state index is 0.922. The van der Waals surface area contributed by atoms with Crippen LogP contribution in [0, 0.1) is 6.92 Å². The molecule has 0 amide bonds. The molecule has 0 spiro atoms. The van der Waals surface area contributed by atoms with Crippen LogP contribution in [0.1, 0.15) is 30.3 Å². The molecule has 21 heavy (non-hydrogen) atoms. The zero-order valence-corrected chi connectivity index (χ0v) is 15.2. The number of thioether (sulfide) groups is 1. The first-order chi connectivity index (χ1) is 10.1. The summed E-state index contributed by atoms with van der Waals surface area (Å²) in [6.45, 7) is 6.23. The Labute approximate surface area is 139 Å². The fourth-order valence-electron chi connectivity index (χ4n) is 2.10. The topological polar surface area (TPSA) is 29.9 Å². The zero-order valence-electron chi connectivity index (χ0n) is 12.8. The maximum Gasteiger partial charge on any atom is 0.0738 e. The number of rotatable bonds is 7. The average molecular weight is 368 g/mol. The summed E-state index contributed by atoms with van der Waals surface area (Å²) in [5.74, 6) is 0.922. The van der Waals surface area contributed by atoms with Crippen molar-refractivity contribution in [1.82, 2.24) is 15.1 Å². The molecular formula is C16H22BrN3S. The van der Waals surface area contributed by atoms with Gasteiger partial charge in [-0.3, -0.25) is 4.68 Å². The second-order valence-electron chi connectivity index (χ2n) is 5.08. The van der Waals surface area contributed by atoms with E-state index in [-0.39, 0.29) is 0 Å². The predicted molar refractivity (Wildman–Crippen MR) is 93.6 cm³/mol. The highest BCUT2D eigenvalue weighted by Crippen LogP contribution is 2.28. The summed E-state index contributed by atoms with van der Waals surface area (Å²) in [7, 11) is 2.00. The number of nitrogens with one attached hydrogen (secondary N) is 1. The first kappa shape index (κ1) is 16.6. The normalized spacial score (nSPS) is 11.0. The van der Waals surface area contributed by atoms with E-state index in [4.69, 9.17) is 0 Å². The SMILES string of the molecule is CCCNCc1ccc(SCc2c(Br)c(C)nn2C)cc1.